The summed E-state index contributed by atoms with van der Waals surface area (Å²) in [6.07, 6.45) is 3.05. The van der Waals surface area contributed by atoms with E-state index < -0.39 is 10.0 Å². The summed E-state index contributed by atoms with van der Waals surface area (Å²) in [4.78, 5) is 10.6. The van der Waals surface area contributed by atoms with Gasteiger partial charge < -0.3 is 19.5 Å². The first-order chi connectivity index (χ1) is 13.5. The minimum Gasteiger partial charge on any atom is -0.459 e. The van der Waals surface area contributed by atoms with E-state index in [1.807, 2.05) is 4.90 Å². The quantitative estimate of drug-likeness (QED) is 0.648. The highest BCUT2D eigenvalue weighted by molar-refractivity contribution is 7.89. The van der Waals surface area contributed by atoms with E-state index in [4.69, 9.17) is 14.6 Å². The molecule has 28 heavy (non-hydrogen) atoms. The molecule has 0 unspecified atom stereocenters. The number of nitrogens with two attached hydrogens (primary N) is 1. The zero-order chi connectivity index (χ0) is 19.7. The van der Waals surface area contributed by atoms with Crippen molar-refractivity contribution in [3.63, 3.8) is 0 Å². The predicted octanol–water partition coefficient (Wildman–Crippen LogP) is 0.841. The molecule has 1 saturated heterocycles. The summed E-state index contributed by atoms with van der Waals surface area (Å²) >= 11 is 0. The van der Waals surface area contributed by atoms with Crippen LogP contribution in [0.2, 0.25) is 0 Å². The number of piperazine rings is 1. The van der Waals surface area contributed by atoms with E-state index >= 15 is 0 Å². The Bertz CT molecular complexity index is 1060. The van der Waals surface area contributed by atoms with Gasteiger partial charge in [-0.05, 0) is 19.1 Å². The van der Waals surface area contributed by atoms with E-state index in [9.17, 15) is 8.42 Å². The van der Waals surface area contributed by atoms with Crippen molar-refractivity contribution in [1.82, 2.24) is 24.5 Å². The van der Waals surface area contributed by atoms with Gasteiger partial charge in [0.15, 0.2) is 17.3 Å². The molecule has 0 bridgehead atoms. The molecule has 1 fully saturated rings. The van der Waals surface area contributed by atoms with Gasteiger partial charge in [-0.2, -0.15) is 4.31 Å². The molecule has 1 aliphatic rings. The molecule has 0 aliphatic carbocycles. The Kier molecular flexibility index (Phi) is 4.73. The lowest BCUT2D eigenvalue weighted by Gasteiger charge is -2.34. The van der Waals surface area contributed by atoms with Gasteiger partial charge >= 0.3 is 0 Å². The summed E-state index contributed by atoms with van der Waals surface area (Å²) in [6.45, 7) is 3.42. The summed E-state index contributed by atoms with van der Waals surface area (Å²) in [5.41, 5.74) is 6.22. The molecule has 0 radical (unpaired) electrons. The predicted molar refractivity (Wildman–Crippen MR) is 101 cm³/mol. The average molecular weight is 405 g/mol. The van der Waals surface area contributed by atoms with Crippen molar-refractivity contribution in [2.45, 2.75) is 6.92 Å². The number of nitrogen functional groups attached to an aromatic ring is 1. The number of hydrogen-bond donors (Lipinski definition) is 1. The van der Waals surface area contributed by atoms with E-state index in [1.165, 1.54) is 10.6 Å². The Hall–Kier alpha value is -2.99. The first kappa shape index (κ1) is 18.4. The monoisotopic (exact) mass is 405 g/mol. The van der Waals surface area contributed by atoms with Crippen LogP contribution in [0.4, 0.5) is 11.6 Å². The number of hydrogen-bond acceptors (Lipinski definition) is 10. The second-order valence-corrected chi connectivity index (χ2v) is 8.40. The second kappa shape index (κ2) is 7.20. The number of sulfonamides is 1. The molecule has 1 aliphatic heterocycles. The van der Waals surface area contributed by atoms with Crippen LogP contribution in [-0.4, -0.2) is 64.8 Å². The second-order valence-electron chi connectivity index (χ2n) is 6.14. The zero-order valence-corrected chi connectivity index (χ0v) is 16.0. The normalized spacial score (nSPS) is 15.8. The highest BCUT2D eigenvalue weighted by Gasteiger charge is 2.27. The number of anilines is 2. The third-order valence-electron chi connectivity index (χ3n) is 4.47. The maximum Gasteiger partial charge on any atom is 0.283 e. The van der Waals surface area contributed by atoms with Gasteiger partial charge in [-0.25, -0.2) is 18.4 Å². The highest BCUT2D eigenvalue weighted by Crippen LogP contribution is 2.27. The van der Waals surface area contributed by atoms with Crippen LogP contribution in [0.25, 0.3) is 23.2 Å². The Balaban J connectivity index is 1.55. The van der Waals surface area contributed by atoms with Crippen LogP contribution in [0.3, 0.4) is 0 Å². The molecule has 0 spiro atoms. The molecule has 0 atom stereocenters. The van der Waals surface area contributed by atoms with E-state index in [-0.39, 0.29) is 29.0 Å². The van der Waals surface area contributed by atoms with Crippen LogP contribution < -0.4 is 10.6 Å². The molecular weight excluding hydrogens is 386 g/mol. The summed E-state index contributed by atoms with van der Waals surface area (Å²) in [5.74, 6) is 1.60. The highest BCUT2D eigenvalue weighted by atomic mass is 32.2. The summed E-state index contributed by atoms with van der Waals surface area (Å²) in [6, 6.07) is 3.42. The lowest BCUT2D eigenvalue weighted by atomic mass is 10.3. The number of rotatable bonds is 5. The van der Waals surface area contributed by atoms with Gasteiger partial charge in [0.1, 0.15) is 5.82 Å². The Morgan fingerprint density at radius 1 is 1.18 bits per heavy atom. The van der Waals surface area contributed by atoms with Crippen LogP contribution in [0.15, 0.2) is 33.4 Å². The zero-order valence-electron chi connectivity index (χ0n) is 15.1. The smallest absolute Gasteiger partial charge is 0.283 e. The Morgan fingerprint density at radius 3 is 2.61 bits per heavy atom. The molecule has 0 aromatic carbocycles. The fourth-order valence-corrected chi connectivity index (χ4v) is 3.98. The molecule has 2 N–H and O–H groups in total. The molecule has 3 aromatic rings. The van der Waals surface area contributed by atoms with Gasteiger partial charge in [0.05, 0.1) is 18.2 Å². The van der Waals surface area contributed by atoms with Crippen molar-refractivity contribution >= 4 is 21.7 Å². The van der Waals surface area contributed by atoms with Crippen molar-refractivity contribution in [2.75, 3.05) is 42.6 Å². The molecule has 148 valence electrons. The first-order valence-electron chi connectivity index (χ1n) is 8.71. The van der Waals surface area contributed by atoms with E-state index in [0.29, 0.717) is 37.8 Å². The van der Waals surface area contributed by atoms with Gasteiger partial charge in [0, 0.05) is 26.2 Å². The van der Waals surface area contributed by atoms with Crippen molar-refractivity contribution < 1.29 is 17.3 Å². The van der Waals surface area contributed by atoms with Crippen molar-refractivity contribution in [1.29, 1.82) is 0 Å². The van der Waals surface area contributed by atoms with Crippen LogP contribution in [0.1, 0.15) is 6.92 Å². The van der Waals surface area contributed by atoms with Gasteiger partial charge in [-0.1, -0.05) is 0 Å². The lowest BCUT2D eigenvalue weighted by molar-refractivity contribution is 0.384. The standard InChI is InChI=1S/C16H19N7O4S/c1-2-28(24,25)23-7-5-22(6-8-23)12-10-18-14(17)13(19-12)16-21-20-15(27-16)11-4-3-9-26-11/h3-4,9-10H,2,5-8H2,1H3,(H2,17,18). The third kappa shape index (κ3) is 3.43. The average Bonchev–Trinajstić information content (AvgIpc) is 3.40. The SMILES string of the molecule is CCS(=O)(=O)N1CCN(c2cnc(N)c(-c3nnc(-c4ccco4)o3)n2)CC1. The van der Waals surface area contributed by atoms with Crippen LogP contribution in [0.5, 0.6) is 0 Å². The minimum atomic E-state index is -3.20. The number of nitrogens with zero attached hydrogens (tertiary/aromatic N) is 6. The van der Waals surface area contributed by atoms with Crippen LogP contribution in [-0.2, 0) is 10.0 Å². The van der Waals surface area contributed by atoms with Gasteiger partial charge in [-0.15, -0.1) is 10.2 Å². The molecule has 4 rings (SSSR count). The molecule has 12 heteroatoms. The summed E-state index contributed by atoms with van der Waals surface area (Å²) in [7, 11) is -3.20. The molecule has 0 amide bonds. The van der Waals surface area contributed by atoms with Crippen molar-refractivity contribution in [2.24, 2.45) is 0 Å². The third-order valence-corrected chi connectivity index (χ3v) is 6.35. The van der Waals surface area contributed by atoms with Crippen molar-refractivity contribution in [3.05, 3.63) is 24.6 Å². The van der Waals surface area contributed by atoms with Crippen LogP contribution >= 0.6 is 0 Å². The fraction of sp³-hybridized carbons (Fsp3) is 0.375. The lowest BCUT2D eigenvalue weighted by Crippen LogP contribution is -2.49. The molecule has 3 aromatic heterocycles. The minimum absolute atomic E-state index is 0.0913. The first-order valence-corrected chi connectivity index (χ1v) is 10.3. The fourth-order valence-electron chi connectivity index (χ4n) is 2.90. The maximum atomic E-state index is 12.0. The molecule has 4 heterocycles. The van der Waals surface area contributed by atoms with E-state index in [1.54, 1.807) is 25.3 Å². The molecule has 11 nitrogen and oxygen atoms in total. The maximum absolute atomic E-state index is 12.0. The van der Waals surface area contributed by atoms with Gasteiger partial charge in [-0.3, -0.25) is 0 Å². The topological polar surface area (TPSA) is 144 Å². The summed E-state index contributed by atoms with van der Waals surface area (Å²) in [5, 5.41) is 7.92. The van der Waals surface area contributed by atoms with E-state index in [2.05, 4.69) is 20.2 Å². The number of aromatic nitrogens is 4. The molecular formula is C16H19N7O4S. The number of furan rings is 1. The summed E-state index contributed by atoms with van der Waals surface area (Å²) < 4.78 is 36.4. The Morgan fingerprint density at radius 2 is 1.93 bits per heavy atom. The van der Waals surface area contributed by atoms with Crippen LogP contribution in [0, 0.1) is 0 Å². The van der Waals surface area contributed by atoms with E-state index in [0.717, 1.165) is 0 Å². The Labute approximate surface area is 161 Å². The largest absolute Gasteiger partial charge is 0.459 e. The van der Waals surface area contributed by atoms with Gasteiger partial charge in [0.25, 0.3) is 11.8 Å². The van der Waals surface area contributed by atoms with Crippen molar-refractivity contribution in [3.8, 4) is 23.2 Å². The van der Waals surface area contributed by atoms with Gasteiger partial charge in [0.2, 0.25) is 10.0 Å². The molecule has 0 saturated carbocycles.